The van der Waals surface area contributed by atoms with Gasteiger partial charge in [0.25, 0.3) is 0 Å². The highest BCUT2D eigenvalue weighted by atomic mass is 16.2. The molecule has 2 saturated heterocycles. The standard InChI is InChI=1S/C17H28N4O/c1-13-10-14(2)21(18-13)12-16-6-4-5-8-20(16)17(22)15-7-9-19(3)11-15/h10,15-16H,4-9,11-12H2,1-3H3. The molecule has 3 rings (SSSR count). The maximum atomic E-state index is 12.9. The summed E-state index contributed by atoms with van der Waals surface area (Å²) in [5, 5.41) is 4.58. The van der Waals surface area contributed by atoms with Gasteiger partial charge >= 0.3 is 0 Å². The van der Waals surface area contributed by atoms with Gasteiger partial charge in [0, 0.05) is 18.8 Å². The maximum Gasteiger partial charge on any atom is 0.227 e. The number of carbonyl (C=O) groups excluding carboxylic acids is 1. The lowest BCUT2D eigenvalue weighted by atomic mass is 9.98. The van der Waals surface area contributed by atoms with Crippen LogP contribution in [0, 0.1) is 19.8 Å². The van der Waals surface area contributed by atoms with Crippen molar-refractivity contribution in [3.63, 3.8) is 0 Å². The third kappa shape index (κ3) is 3.19. The number of aryl methyl sites for hydroxylation is 2. The summed E-state index contributed by atoms with van der Waals surface area (Å²) in [6.45, 7) is 7.86. The Hall–Kier alpha value is -1.36. The van der Waals surface area contributed by atoms with Gasteiger partial charge in [0.05, 0.1) is 24.2 Å². The van der Waals surface area contributed by atoms with E-state index in [0.29, 0.717) is 11.9 Å². The number of likely N-dealkylation sites (tertiary alicyclic amines) is 2. The third-order valence-electron chi connectivity index (χ3n) is 5.14. The van der Waals surface area contributed by atoms with Crippen LogP contribution in [0.1, 0.15) is 37.1 Å². The first-order chi connectivity index (χ1) is 10.5. The van der Waals surface area contributed by atoms with Crippen LogP contribution >= 0.6 is 0 Å². The first kappa shape index (κ1) is 15.5. The van der Waals surface area contributed by atoms with Crippen LogP contribution < -0.4 is 0 Å². The zero-order chi connectivity index (χ0) is 15.7. The quantitative estimate of drug-likeness (QED) is 0.855. The van der Waals surface area contributed by atoms with Gasteiger partial charge in [-0.3, -0.25) is 9.48 Å². The molecule has 0 aromatic carbocycles. The van der Waals surface area contributed by atoms with Gasteiger partial charge in [0.15, 0.2) is 0 Å². The van der Waals surface area contributed by atoms with Crippen molar-refractivity contribution >= 4 is 5.91 Å². The highest BCUT2D eigenvalue weighted by Gasteiger charge is 2.34. The summed E-state index contributed by atoms with van der Waals surface area (Å²) in [4.78, 5) is 17.3. The summed E-state index contributed by atoms with van der Waals surface area (Å²) in [6.07, 6.45) is 4.48. The largest absolute Gasteiger partial charge is 0.338 e. The summed E-state index contributed by atoms with van der Waals surface area (Å²) in [5.74, 6) is 0.571. The van der Waals surface area contributed by atoms with Crippen molar-refractivity contribution in [2.45, 2.75) is 52.1 Å². The number of nitrogens with zero attached hydrogens (tertiary/aromatic N) is 4. The monoisotopic (exact) mass is 304 g/mol. The number of rotatable bonds is 3. The van der Waals surface area contributed by atoms with Gasteiger partial charge in [-0.1, -0.05) is 0 Å². The number of hydrogen-bond acceptors (Lipinski definition) is 3. The first-order valence-corrected chi connectivity index (χ1v) is 8.54. The lowest BCUT2D eigenvalue weighted by molar-refractivity contribution is -0.139. The molecule has 2 atom stereocenters. The molecule has 122 valence electrons. The van der Waals surface area contributed by atoms with E-state index in [-0.39, 0.29) is 5.92 Å². The van der Waals surface area contributed by atoms with Crippen LogP contribution in [0.25, 0.3) is 0 Å². The number of piperidine rings is 1. The number of amides is 1. The molecule has 1 aromatic rings. The van der Waals surface area contributed by atoms with Crippen molar-refractivity contribution in [1.82, 2.24) is 19.6 Å². The molecule has 22 heavy (non-hydrogen) atoms. The van der Waals surface area contributed by atoms with E-state index < -0.39 is 0 Å². The molecular formula is C17H28N4O. The highest BCUT2D eigenvalue weighted by molar-refractivity contribution is 5.79. The van der Waals surface area contributed by atoms with Gasteiger partial charge in [0.2, 0.25) is 5.91 Å². The Morgan fingerprint density at radius 1 is 1.27 bits per heavy atom. The fraction of sp³-hybridized carbons (Fsp3) is 0.765. The Bertz CT molecular complexity index is 539. The number of carbonyl (C=O) groups is 1. The molecule has 5 heteroatoms. The molecule has 1 aromatic heterocycles. The zero-order valence-corrected chi connectivity index (χ0v) is 14.1. The minimum absolute atomic E-state index is 0.200. The lowest BCUT2D eigenvalue weighted by Crippen LogP contribution is -2.48. The summed E-state index contributed by atoms with van der Waals surface area (Å²) < 4.78 is 2.08. The van der Waals surface area contributed by atoms with Crippen molar-refractivity contribution in [2.75, 3.05) is 26.7 Å². The normalized spacial score (nSPS) is 26.6. The topological polar surface area (TPSA) is 41.4 Å². The van der Waals surface area contributed by atoms with E-state index in [9.17, 15) is 4.79 Å². The molecule has 3 heterocycles. The molecule has 2 aliphatic rings. The average Bonchev–Trinajstić information content (AvgIpc) is 3.05. The summed E-state index contributed by atoms with van der Waals surface area (Å²) in [5.41, 5.74) is 2.25. The van der Waals surface area contributed by atoms with Crippen molar-refractivity contribution in [2.24, 2.45) is 5.92 Å². The molecule has 0 saturated carbocycles. The van der Waals surface area contributed by atoms with Crippen LogP contribution in [0.15, 0.2) is 6.07 Å². The van der Waals surface area contributed by atoms with Crippen molar-refractivity contribution in [3.8, 4) is 0 Å². The highest BCUT2D eigenvalue weighted by Crippen LogP contribution is 2.24. The smallest absolute Gasteiger partial charge is 0.227 e. The van der Waals surface area contributed by atoms with Crippen LogP contribution in [0.3, 0.4) is 0 Å². The predicted octanol–water partition coefficient (Wildman–Crippen LogP) is 1.83. The van der Waals surface area contributed by atoms with Crippen LogP contribution in [0.4, 0.5) is 0 Å². The van der Waals surface area contributed by atoms with E-state index in [1.165, 1.54) is 12.1 Å². The van der Waals surface area contributed by atoms with Gasteiger partial charge in [-0.25, -0.2) is 0 Å². The van der Waals surface area contributed by atoms with Crippen LogP contribution in [0.5, 0.6) is 0 Å². The molecule has 0 N–H and O–H groups in total. The molecular weight excluding hydrogens is 276 g/mol. The second kappa shape index (κ2) is 6.41. The van der Waals surface area contributed by atoms with Crippen LogP contribution in [0.2, 0.25) is 0 Å². The minimum Gasteiger partial charge on any atom is -0.338 e. The Morgan fingerprint density at radius 3 is 2.73 bits per heavy atom. The van der Waals surface area contributed by atoms with Gasteiger partial charge in [0.1, 0.15) is 0 Å². The van der Waals surface area contributed by atoms with Crippen molar-refractivity contribution < 1.29 is 4.79 Å². The van der Waals surface area contributed by atoms with Gasteiger partial charge < -0.3 is 9.80 Å². The van der Waals surface area contributed by atoms with Crippen LogP contribution in [-0.4, -0.2) is 58.2 Å². The van der Waals surface area contributed by atoms with Crippen LogP contribution in [-0.2, 0) is 11.3 Å². The van der Waals surface area contributed by atoms with E-state index in [1.54, 1.807) is 0 Å². The van der Waals surface area contributed by atoms with Crippen molar-refractivity contribution in [3.05, 3.63) is 17.5 Å². The Balaban J connectivity index is 1.71. The molecule has 0 aliphatic carbocycles. The molecule has 0 radical (unpaired) electrons. The minimum atomic E-state index is 0.200. The van der Waals surface area contributed by atoms with Gasteiger partial charge in [-0.2, -0.15) is 5.10 Å². The molecule has 5 nitrogen and oxygen atoms in total. The SMILES string of the molecule is Cc1cc(C)n(CC2CCCCN2C(=O)C2CCN(C)C2)n1. The average molecular weight is 304 g/mol. The van der Waals surface area contributed by atoms with E-state index in [2.05, 4.69) is 39.6 Å². The molecule has 2 aliphatic heterocycles. The maximum absolute atomic E-state index is 12.9. The third-order valence-corrected chi connectivity index (χ3v) is 5.14. The summed E-state index contributed by atoms with van der Waals surface area (Å²) >= 11 is 0. The number of hydrogen-bond donors (Lipinski definition) is 0. The fourth-order valence-corrected chi connectivity index (χ4v) is 3.91. The second-order valence-electron chi connectivity index (χ2n) is 7.04. The summed E-state index contributed by atoms with van der Waals surface area (Å²) in [6, 6.07) is 2.42. The Kier molecular flexibility index (Phi) is 4.52. The first-order valence-electron chi connectivity index (χ1n) is 8.54. The molecule has 0 bridgehead atoms. The zero-order valence-electron chi connectivity index (χ0n) is 14.1. The Labute approximate surface area is 133 Å². The van der Waals surface area contributed by atoms with E-state index >= 15 is 0 Å². The van der Waals surface area contributed by atoms with Gasteiger partial charge in [-0.15, -0.1) is 0 Å². The lowest BCUT2D eigenvalue weighted by Gasteiger charge is -2.37. The second-order valence-corrected chi connectivity index (χ2v) is 7.04. The van der Waals surface area contributed by atoms with E-state index in [1.807, 2.05) is 6.92 Å². The molecule has 1 amide bonds. The molecule has 2 fully saturated rings. The molecule has 0 spiro atoms. The van der Waals surface area contributed by atoms with Gasteiger partial charge in [-0.05, 0) is 59.2 Å². The molecule has 2 unspecified atom stereocenters. The number of aromatic nitrogens is 2. The van der Waals surface area contributed by atoms with Crippen molar-refractivity contribution in [1.29, 1.82) is 0 Å². The predicted molar refractivity (Wildman–Crippen MR) is 86.7 cm³/mol. The fourth-order valence-electron chi connectivity index (χ4n) is 3.91. The van der Waals surface area contributed by atoms with E-state index in [0.717, 1.165) is 51.1 Å². The van der Waals surface area contributed by atoms with E-state index in [4.69, 9.17) is 0 Å². The summed E-state index contributed by atoms with van der Waals surface area (Å²) in [7, 11) is 2.11. The Morgan fingerprint density at radius 2 is 2.09 bits per heavy atom.